The van der Waals surface area contributed by atoms with E-state index >= 15 is 0 Å². The molecule has 0 heterocycles. The fraction of sp³-hybridized carbons (Fsp3) is 0.538. The lowest BCUT2D eigenvalue weighted by Crippen LogP contribution is -1.89. The molecule has 0 fully saturated rings. The van der Waals surface area contributed by atoms with E-state index in [1.54, 1.807) is 18.2 Å². The molecule has 0 saturated carbocycles. The molecule has 3 N–H and O–H groups in total. The normalized spacial score (nSPS) is 10.9. The van der Waals surface area contributed by atoms with Crippen molar-refractivity contribution in [3.8, 4) is 17.2 Å². The van der Waals surface area contributed by atoms with E-state index in [9.17, 15) is 15.3 Å². The van der Waals surface area contributed by atoms with Gasteiger partial charge < -0.3 is 15.3 Å². The Labute approximate surface area is 267 Å². The average Bonchev–Trinajstić information content (AvgIpc) is 3.00. The minimum absolute atomic E-state index is 0.289. The number of aromatic hydroxyl groups is 3. The van der Waals surface area contributed by atoms with Gasteiger partial charge in [0.25, 0.3) is 0 Å². The highest BCUT2D eigenvalue weighted by Gasteiger charge is 2.10. The molecule has 0 amide bonds. The number of hydrogen-bond acceptors (Lipinski definition) is 4. The number of rotatable bonds is 19. The van der Waals surface area contributed by atoms with Gasteiger partial charge in [0.1, 0.15) is 17.2 Å². The van der Waals surface area contributed by atoms with Gasteiger partial charge in [-0.05, 0) is 98.0 Å². The molecule has 3 nitrogen and oxygen atoms in total. The summed E-state index contributed by atoms with van der Waals surface area (Å²) in [6.07, 6.45) is 20.9. The molecule has 0 bridgehead atoms. The zero-order valence-electron chi connectivity index (χ0n) is 27.5. The minimum atomic E-state index is 0.289. The van der Waals surface area contributed by atoms with Gasteiger partial charge in [0.15, 0.2) is 0 Å². The first-order valence-electron chi connectivity index (χ1n) is 17.0. The SMILES string of the molecule is CCCCCCCCc1ccc(O)c(Sc2cc(CCCCCCCC)ccc2O)c1.CCCCc1c(C)cccc1O. The summed E-state index contributed by atoms with van der Waals surface area (Å²) in [6.45, 7) is 8.70. The Morgan fingerprint density at radius 2 is 0.953 bits per heavy atom. The molecule has 0 spiro atoms. The Kier molecular flexibility index (Phi) is 18.7. The number of hydrogen-bond donors (Lipinski definition) is 3. The van der Waals surface area contributed by atoms with E-state index in [1.807, 2.05) is 31.2 Å². The van der Waals surface area contributed by atoms with Crippen molar-refractivity contribution in [1.29, 1.82) is 0 Å². The summed E-state index contributed by atoms with van der Waals surface area (Å²) in [6, 6.07) is 17.5. The van der Waals surface area contributed by atoms with Gasteiger partial charge >= 0.3 is 0 Å². The zero-order valence-corrected chi connectivity index (χ0v) is 28.3. The van der Waals surface area contributed by atoms with Crippen LogP contribution in [0.4, 0.5) is 0 Å². The van der Waals surface area contributed by atoms with E-state index in [2.05, 4.69) is 32.9 Å². The van der Waals surface area contributed by atoms with Crippen molar-refractivity contribution in [1.82, 2.24) is 0 Å². The summed E-state index contributed by atoms with van der Waals surface area (Å²) in [5.41, 5.74) is 4.83. The second-order valence-electron chi connectivity index (χ2n) is 11.9. The molecule has 0 aromatic heterocycles. The first kappa shape index (κ1) is 36.6. The molecule has 238 valence electrons. The standard InChI is InChI=1S/C28H42O2S.C11H16O/c1-3-5-7-9-11-13-15-23-17-19-25(29)27(21-23)31-28-22-24(18-20-26(28)30)16-14-12-10-8-6-4-2;1-3-4-7-10-9(2)6-5-8-11(10)12/h17-22,29-30H,3-16H2,1-2H3;5-6,8,12H,3-4,7H2,1-2H3. The molecule has 4 heteroatoms. The van der Waals surface area contributed by atoms with Crippen molar-refractivity contribution in [2.24, 2.45) is 0 Å². The lowest BCUT2D eigenvalue weighted by atomic mass is 10.0. The summed E-state index contributed by atoms with van der Waals surface area (Å²) in [5, 5.41) is 30.3. The largest absolute Gasteiger partial charge is 0.508 e. The zero-order chi connectivity index (χ0) is 31.3. The van der Waals surface area contributed by atoms with E-state index < -0.39 is 0 Å². The number of phenols is 3. The molecule has 0 unspecified atom stereocenters. The van der Waals surface area contributed by atoms with Crippen molar-refractivity contribution in [2.75, 3.05) is 0 Å². The van der Waals surface area contributed by atoms with Crippen LogP contribution in [0, 0.1) is 6.92 Å². The molecule has 0 aliphatic rings. The fourth-order valence-electron chi connectivity index (χ4n) is 5.29. The van der Waals surface area contributed by atoms with Crippen LogP contribution in [0.2, 0.25) is 0 Å². The van der Waals surface area contributed by atoms with Crippen LogP contribution < -0.4 is 0 Å². The smallest absolute Gasteiger partial charge is 0.129 e. The van der Waals surface area contributed by atoms with Gasteiger partial charge in [0.05, 0.1) is 9.79 Å². The Balaban J connectivity index is 0.000000448. The summed E-state index contributed by atoms with van der Waals surface area (Å²) in [5.74, 6) is 1.03. The number of unbranched alkanes of at least 4 members (excludes halogenated alkanes) is 11. The van der Waals surface area contributed by atoms with E-state index in [4.69, 9.17) is 0 Å². The molecule has 3 aromatic carbocycles. The van der Waals surface area contributed by atoms with E-state index in [-0.39, 0.29) is 11.5 Å². The molecule has 0 radical (unpaired) electrons. The molecule has 0 aliphatic carbocycles. The molecule has 0 aliphatic heterocycles. The van der Waals surface area contributed by atoms with Crippen molar-refractivity contribution < 1.29 is 15.3 Å². The number of phenolic OH excluding ortho intramolecular Hbond substituents is 3. The van der Waals surface area contributed by atoms with Crippen LogP contribution in [0.5, 0.6) is 17.2 Å². The summed E-state index contributed by atoms with van der Waals surface area (Å²) in [4.78, 5) is 1.66. The monoisotopic (exact) mass is 606 g/mol. The van der Waals surface area contributed by atoms with Crippen LogP contribution in [0.1, 0.15) is 133 Å². The van der Waals surface area contributed by atoms with Crippen LogP contribution >= 0.6 is 11.8 Å². The van der Waals surface area contributed by atoms with E-state index in [0.29, 0.717) is 5.75 Å². The summed E-state index contributed by atoms with van der Waals surface area (Å²) in [7, 11) is 0. The second kappa shape index (κ2) is 22.0. The van der Waals surface area contributed by atoms with Crippen LogP contribution in [0.15, 0.2) is 64.4 Å². The molecule has 3 aromatic rings. The Bertz CT molecular complexity index is 1090. The highest BCUT2D eigenvalue weighted by Crippen LogP contribution is 2.40. The quantitative estimate of drug-likeness (QED) is 0.119. The maximum Gasteiger partial charge on any atom is 0.129 e. The molecular weight excluding hydrogens is 548 g/mol. The van der Waals surface area contributed by atoms with Crippen molar-refractivity contribution in [2.45, 2.75) is 147 Å². The van der Waals surface area contributed by atoms with E-state index in [1.165, 1.54) is 112 Å². The predicted octanol–water partition coefficient (Wildman–Crippen LogP) is 12.1. The van der Waals surface area contributed by atoms with Gasteiger partial charge in [-0.25, -0.2) is 0 Å². The third-order valence-corrected chi connectivity index (χ3v) is 9.17. The lowest BCUT2D eigenvalue weighted by Gasteiger charge is -2.11. The van der Waals surface area contributed by atoms with Crippen molar-refractivity contribution in [3.63, 3.8) is 0 Å². The predicted molar refractivity (Wildman–Crippen MR) is 186 cm³/mol. The van der Waals surface area contributed by atoms with Crippen LogP contribution in [0.25, 0.3) is 0 Å². The third kappa shape index (κ3) is 14.6. The molecule has 3 rings (SSSR count). The van der Waals surface area contributed by atoms with Gasteiger partial charge in [0.2, 0.25) is 0 Å². The van der Waals surface area contributed by atoms with Gasteiger partial charge in [-0.2, -0.15) is 0 Å². The topological polar surface area (TPSA) is 60.7 Å². The van der Waals surface area contributed by atoms with Crippen LogP contribution in [0.3, 0.4) is 0 Å². The van der Waals surface area contributed by atoms with Crippen molar-refractivity contribution in [3.05, 3.63) is 76.9 Å². The number of aryl methyl sites for hydroxylation is 3. The number of benzene rings is 3. The Hall–Kier alpha value is -2.59. The highest BCUT2D eigenvalue weighted by molar-refractivity contribution is 7.99. The molecular formula is C39H58O3S. The summed E-state index contributed by atoms with van der Waals surface area (Å²) < 4.78 is 0. The fourth-order valence-corrected chi connectivity index (χ4v) is 6.30. The maximum atomic E-state index is 10.4. The van der Waals surface area contributed by atoms with Gasteiger partial charge in [-0.1, -0.05) is 127 Å². The minimum Gasteiger partial charge on any atom is -0.508 e. The van der Waals surface area contributed by atoms with Crippen molar-refractivity contribution >= 4 is 11.8 Å². The second-order valence-corrected chi connectivity index (χ2v) is 13.0. The van der Waals surface area contributed by atoms with Gasteiger partial charge in [-0.15, -0.1) is 0 Å². The van der Waals surface area contributed by atoms with Crippen LogP contribution in [-0.4, -0.2) is 15.3 Å². The first-order chi connectivity index (χ1) is 20.9. The maximum absolute atomic E-state index is 10.4. The van der Waals surface area contributed by atoms with Crippen LogP contribution in [-0.2, 0) is 19.3 Å². The molecule has 0 atom stereocenters. The lowest BCUT2D eigenvalue weighted by molar-refractivity contribution is 0.459. The Morgan fingerprint density at radius 3 is 1.42 bits per heavy atom. The average molecular weight is 607 g/mol. The van der Waals surface area contributed by atoms with Gasteiger partial charge in [-0.3, -0.25) is 0 Å². The first-order valence-corrected chi connectivity index (χ1v) is 17.8. The highest BCUT2D eigenvalue weighted by atomic mass is 32.2. The summed E-state index contributed by atoms with van der Waals surface area (Å²) >= 11 is 1.47. The Morgan fingerprint density at radius 1 is 0.488 bits per heavy atom. The third-order valence-electron chi connectivity index (χ3n) is 8.07. The molecule has 43 heavy (non-hydrogen) atoms. The van der Waals surface area contributed by atoms with Gasteiger partial charge in [0, 0.05) is 0 Å². The van der Waals surface area contributed by atoms with E-state index in [0.717, 1.165) is 41.0 Å². The molecule has 0 saturated heterocycles.